The van der Waals surface area contributed by atoms with Crippen molar-refractivity contribution >= 4 is 5.78 Å². The number of benzene rings is 1. The van der Waals surface area contributed by atoms with E-state index in [2.05, 4.69) is 4.74 Å². The predicted octanol–water partition coefficient (Wildman–Crippen LogP) is 2.83. The Hall–Kier alpha value is -1.52. The van der Waals surface area contributed by atoms with Gasteiger partial charge in [-0.05, 0) is 19.1 Å². The number of Topliss-reactive ketones (excluding diaryl/α,β-unsaturated/α-hetero) is 1. The molecule has 5 heteroatoms. The summed E-state index contributed by atoms with van der Waals surface area (Å²) in [5.41, 5.74) is 0.154. The normalized spacial score (nSPS) is 11.2. The molecule has 1 aromatic carbocycles. The Morgan fingerprint density at radius 2 is 1.93 bits per heavy atom. The average Bonchev–Trinajstić information content (AvgIpc) is 2.14. The van der Waals surface area contributed by atoms with Crippen LogP contribution in [0.15, 0.2) is 24.3 Å². The molecule has 0 aliphatic rings. The minimum absolute atomic E-state index is 0.0395. The Labute approximate surface area is 84.7 Å². The number of rotatable bonds is 3. The Kier molecular flexibility index (Phi) is 3.34. The van der Waals surface area contributed by atoms with Gasteiger partial charge in [-0.3, -0.25) is 4.79 Å². The zero-order chi connectivity index (χ0) is 11.5. The minimum atomic E-state index is -4.40. The molecule has 0 aliphatic carbocycles. The second kappa shape index (κ2) is 4.33. The lowest BCUT2D eigenvalue weighted by Crippen LogP contribution is -2.20. The maximum Gasteiger partial charge on any atom is 0.422 e. The van der Waals surface area contributed by atoms with Gasteiger partial charge in [-0.1, -0.05) is 12.1 Å². The standard InChI is InChI=1S/C10H9F3O2/c1-7(14)8-4-2-3-5-9(8)15-6-10(11,12)13/h2-5H,6H2,1H3. The summed E-state index contributed by atoms with van der Waals surface area (Å²) in [5.74, 6) is -0.366. The second-order valence-corrected chi connectivity index (χ2v) is 2.96. The molecule has 0 atom stereocenters. The number of carbonyl (C=O) groups excluding carboxylic acids is 1. The van der Waals surface area contributed by atoms with Crippen molar-refractivity contribution in [1.29, 1.82) is 0 Å². The van der Waals surface area contributed by atoms with Crippen LogP contribution in [0.2, 0.25) is 0 Å². The molecule has 0 amide bonds. The Bertz CT molecular complexity index is 358. The van der Waals surface area contributed by atoms with Crippen molar-refractivity contribution in [2.75, 3.05) is 6.61 Å². The summed E-state index contributed by atoms with van der Waals surface area (Å²) in [5, 5.41) is 0. The van der Waals surface area contributed by atoms with Crippen molar-refractivity contribution in [1.82, 2.24) is 0 Å². The third kappa shape index (κ3) is 3.61. The Morgan fingerprint density at radius 3 is 2.47 bits per heavy atom. The van der Waals surface area contributed by atoms with E-state index in [4.69, 9.17) is 0 Å². The fourth-order valence-corrected chi connectivity index (χ4v) is 1.04. The molecule has 0 bridgehead atoms. The van der Waals surface area contributed by atoms with E-state index in [0.29, 0.717) is 0 Å². The molecular weight excluding hydrogens is 209 g/mol. The molecule has 0 unspecified atom stereocenters. The van der Waals surface area contributed by atoms with Crippen molar-refractivity contribution in [3.05, 3.63) is 29.8 Å². The number of carbonyl (C=O) groups is 1. The maximum atomic E-state index is 11.9. The van der Waals surface area contributed by atoms with Crippen LogP contribution in [0.25, 0.3) is 0 Å². The summed E-state index contributed by atoms with van der Waals surface area (Å²) < 4.78 is 40.1. The van der Waals surface area contributed by atoms with Crippen molar-refractivity contribution in [2.45, 2.75) is 13.1 Å². The van der Waals surface area contributed by atoms with E-state index in [-0.39, 0.29) is 17.1 Å². The van der Waals surface area contributed by atoms with Gasteiger partial charge in [0.15, 0.2) is 12.4 Å². The molecule has 0 radical (unpaired) electrons. The number of alkyl halides is 3. The van der Waals surface area contributed by atoms with E-state index < -0.39 is 12.8 Å². The number of hydrogen-bond acceptors (Lipinski definition) is 2. The van der Waals surface area contributed by atoms with Crippen LogP contribution in [0, 0.1) is 0 Å². The van der Waals surface area contributed by atoms with Crippen molar-refractivity contribution in [3.63, 3.8) is 0 Å². The van der Waals surface area contributed by atoms with Crippen LogP contribution in [0.1, 0.15) is 17.3 Å². The number of para-hydroxylation sites is 1. The smallest absolute Gasteiger partial charge is 0.422 e. The Morgan fingerprint density at radius 1 is 1.33 bits per heavy atom. The first-order valence-electron chi connectivity index (χ1n) is 4.19. The fourth-order valence-electron chi connectivity index (χ4n) is 1.04. The van der Waals surface area contributed by atoms with E-state index >= 15 is 0 Å². The van der Waals surface area contributed by atoms with Gasteiger partial charge in [-0.15, -0.1) is 0 Å². The predicted molar refractivity (Wildman–Crippen MR) is 48.0 cm³/mol. The zero-order valence-electron chi connectivity index (χ0n) is 7.97. The van der Waals surface area contributed by atoms with Gasteiger partial charge in [0.2, 0.25) is 0 Å². The fraction of sp³-hybridized carbons (Fsp3) is 0.300. The van der Waals surface area contributed by atoms with E-state index in [9.17, 15) is 18.0 Å². The topological polar surface area (TPSA) is 26.3 Å². The highest BCUT2D eigenvalue weighted by molar-refractivity contribution is 5.96. The zero-order valence-corrected chi connectivity index (χ0v) is 7.97. The quantitative estimate of drug-likeness (QED) is 0.729. The van der Waals surface area contributed by atoms with Crippen LogP contribution in [-0.2, 0) is 0 Å². The van der Waals surface area contributed by atoms with Gasteiger partial charge in [0, 0.05) is 0 Å². The molecule has 82 valence electrons. The van der Waals surface area contributed by atoms with E-state index in [1.165, 1.54) is 25.1 Å². The molecular formula is C10H9F3O2. The largest absolute Gasteiger partial charge is 0.483 e. The molecule has 1 aromatic rings. The highest BCUT2D eigenvalue weighted by Gasteiger charge is 2.28. The highest BCUT2D eigenvalue weighted by Crippen LogP contribution is 2.22. The third-order valence-electron chi connectivity index (χ3n) is 1.66. The molecule has 0 saturated heterocycles. The first-order chi connectivity index (χ1) is 6.90. The minimum Gasteiger partial charge on any atom is -0.483 e. The molecule has 15 heavy (non-hydrogen) atoms. The van der Waals surface area contributed by atoms with E-state index in [1.807, 2.05) is 0 Å². The van der Waals surface area contributed by atoms with Crippen LogP contribution in [0.4, 0.5) is 13.2 Å². The van der Waals surface area contributed by atoms with Gasteiger partial charge in [0.1, 0.15) is 5.75 Å². The van der Waals surface area contributed by atoms with Gasteiger partial charge in [0.05, 0.1) is 5.56 Å². The number of halogens is 3. The van der Waals surface area contributed by atoms with E-state index in [0.717, 1.165) is 0 Å². The lowest BCUT2D eigenvalue weighted by atomic mass is 10.1. The van der Waals surface area contributed by atoms with Crippen LogP contribution >= 0.6 is 0 Å². The maximum absolute atomic E-state index is 11.9. The summed E-state index contributed by atoms with van der Waals surface area (Å²) in [7, 11) is 0. The second-order valence-electron chi connectivity index (χ2n) is 2.96. The lowest BCUT2D eigenvalue weighted by Gasteiger charge is -2.11. The molecule has 0 N–H and O–H groups in total. The van der Waals surface area contributed by atoms with Crippen molar-refractivity contribution in [3.8, 4) is 5.75 Å². The number of hydrogen-bond donors (Lipinski definition) is 0. The van der Waals surface area contributed by atoms with Gasteiger partial charge in [0.25, 0.3) is 0 Å². The average molecular weight is 218 g/mol. The van der Waals surface area contributed by atoms with Crippen LogP contribution < -0.4 is 4.74 Å². The molecule has 0 aromatic heterocycles. The molecule has 0 aliphatic heterocycles. The first-order valence-corrected chi connectivity index (χ1v) is 4.19. The van der Waals surface area contributed by atoms with Crippen LogP contribution in [0.3, 0.4) is 0 Å². The molecule has 0 fully saturated rings. The number of ether oxygens (including phenoxy) is 1. The van der Waals surface area contributed by atoms with Crippen molar-refractivity contribution in [2.24, 2.45) is 0 Å². The molecule has 0 saturated carbocycles. The SMILES string of the molecule is CC(=O)c1ccccc1OCC(F)(F)F. The summed E-state index contributed by atoms with van der Waals surface area (Å²) >= 11 is 0. The Balaban J connectivity index is 2.81. The van der Waals surface area contributed by atoms with E-state index in [1.54, 1.807) is 6.07 Å². The molecule has 0 spiro atoms. The van der Waals surface area contributed by atoms with Crippen molar-refractivity contribution < 1.29 is 22.7 Å². The summed E-state index contributed by atoms with van der Waals surface area (Å²) in [6, 6.07) is 5.84. The van der Waals surface area contributed by atoms with Gasteiger partial charge in [-0.2, -0.15) is 13.2 Å². The highest BCUT2D eigenvalue weighted by atomic mass is 19.4. The molecule has 1 rings (SSSR count). The number of ketones is 1. The van der Waals surface area contributed by atoms with Gasteiger partial charge < -0.3 is 4.74 Å². The van der Waals surface area contributed by atoms with Crippen LogP contribution in [0.5, 0.6) is 5.75 Å². The third-order valence-corrected chi connectivity index (χ3v) is 1.66. The monoisotopic (exact) mass is 218 g/mol. The van der Waals surface area contributed by atoms with Gasteiger partial charge in [-0.25, -0.2) is 0 Å². The summed E-state index contributed by atoms with van der Waals surface area (Å²) in [6.45, 7) is -0.118. The molecule has 0 heterocycles. The lowest BCUT2D eigenvalue weighted by molar-refractivity contribution is -0.153. The van der Waals surface area contributed by atoms with Gasteiger partial charge >= 0.3 is 6.18 Å². The first kappa shape index (κ1) is 11.6. The molecule has 2 nitrogen and oxygen atoms in total. The van der Waals surface area contributed by atoms with Crippen LogP contribution in [-0.4, -0.2) is 18.6 Å². The summed E-state index contributed by atoms with van der Waals surface area (Å²) in [6.07, 6.45) is -4.40. The summed E-state index contributed by atoms with van der Waals surface area (Å²) in [4.78, 5) is 11.0.